The molecule has 0 aliphatic carbocycles. The van der Waals surface area contributed by atoms with Gasteiger partial charge in [0.1, 0.15) is 6.04 Å². The van der Waals surface area contributed by atoms with Gasteiger partial charge < -0.3 is 11.1 Å². The Morgan fingerprint density at radius 1 is 1.04 bits per heavy atom. The Hall–Kier alpha value is -3.22. The first-order valence-electron chi connectivity index (χ1n) is 7.81. The lowest BCUT2D eigenvalue weighted by atomic mass is 10.0. The molecular weight excluding hydrogens is 322 g/mol. The van der Waals surface area contributed by atoms with Crippen LogP contribution in [-0.2, 0) is 22.4 Å². The van der Waals surface area contributed by atoms with E-state index in [0.717, 1.165) is 5.56 Å². The van der Waals surface area contributed by atoms with Crippen LogP contribution < -0.4 is 11.1 Å². The Kier molecular flexibility index (Phi) is 6.22. The van der Waals surface area contributed by atoms with E-state index in [1.165, 1.54) is 12.1 Å². The van der Waals surface area contributed by atoms with Crippen LogP contribution in [-0.4, -0.2) is 22.8 Å². The number of carbonyl (C=O) groups excluding carboxylic acids is 2. The first-order valence-corrected chi connectivity index (χ1v) is 7.81. The summed E-state index contributed by atoms with van der Waals surface area (Å²) in [4.78, 5) is 33.8. The minimum Gasteiger partial charge on any atom is -0.368 e. The fraction of sp³-hybridized carbons (Fsp3) is 0.222. The second-order valence-corrected chi connectivity index (χ2v) is 5.64. The van der Waals surface area contributed by atoms with Gasteiger partial charge >= 0.3 is 0 Å². The number of non-ortho nitro benzene ring substituents is 1. The van der Waals surface area contributed by atoms with Gasteiger partial charge in [0.25, 0.3) is 5.69 Å². The molecule has 2 amide bonds. The smallest absolute Gasteiger partial charge is 0.269 e. The lowest BCUT2D eigenvalue weighted by molar-refractivity contribution is -0.384. The van der Waals surface area contributed by atoms with Gasteiger partial charge in [0.05, 0.1) is 4.92 Å². The third-order valence-corrected chi connectivity index (χ3v) is 3.75. The topological polar surface area (TPSA) is 115 Å². The zero-order valence-corrected chi connectivity index (χ0v) is 13.6. The Morgan fingerprint density at radius 3 is 2.24 bits per heavy atom. The molecule has 0 aliphatic heterocycles. The van der Waals surface area contributed by atoms with Gasteiger partial charge in [-0.15, -0.1) is 0 Å². The van der Waals surface area contributed by atoms with Gasteiger partial charge in [-0.1, -0.05) is 42.5 Å². The summed E-state index contributed by atoms with van der Waals surface area (Å²) in [5.74, 6) is -0.916. The summed E-state index contributed by atoms with van der Waals surface area (Å²) in [6.07, 6.45) is 0.994. The number of hydrogen-bond acceptors (Lipinski definition) is 4. The van der Waals surface area contributed by atoms with Crippen molar-refractivity contribution in [2.24, 2.45) is 5.73 Å². The SMILES string of the molecule is NC(=O)[C@@H](Cc1ccc([N+](=O)[O-])cc1)NC(=O)CCc1ccccc1. The highest BCUT2D eigenvalue weighted by Crippen LogP contribution is 2.13. The summed E-state index contributed by atoms with van der Waals surface area (Å²) < 4.78 is 0. The molecular formula is C18H19N3O4. The van der Waals surface area contributed by atoms with Crippen molar-refractivity contribution in [2.45, 2.75) is 25.3 Å². The van der Waals surface area contributed by atoms with Gasteiger partial charge in [-0.05, 0) is 17.5 Å². The lowest BCUT2D eigenvalue weighted by Gasteiger charge is -2.15. The van der Waals surface area contributed by atoms with Crippen LogP contribution in [0.2, 0.25) is 0 Å². The van der Waals surface area contributed by atoms with Gasteiger partial charge in [0.2, 0.25) is 11.8 Å². The number of benzene rings is 2. The monoisotopic (exact) mass is 341 g/mol. The van der Waals surface area contributed by atoms with Crippen LogP contribution in [0.4, 0.5) is 5.69 Å². The van der Waals surface area contributed by atoms with Crippen molar-refractivity contribution in [1.29, 1.82) is 0 Å². The van der Waals surface area contributed by atoms with Crippen LogP contribution in [0.1, 0.15) is 17.5 Å². The summed E-state index contributed by atoms with van der Waals surface area (Å²) in [6, 6.07) is 14.5. The van der Waals surface area contributed by atoms with E-state index < -0.39 is 16.9 Å². The van der Waals surface area contributed by atoms with Crippen molar-refractivity contribution in [3.63, 3.8) is 0 Å². The average Bonchev–Trinajstić information content (AvgIpc) is 2.60. The standard InChI is InChI=1S/C18H19N3O4/c19-18(23)16(12-14-6-9-15(10-7-14)21(24)25)20-17(22)11-8-13-4-2-1-3-5-13/h1-7,9-10,16H,8,11-12H2,(H2,19,23)(H,20,22)/t16-/m1/s1. The predicted molar refractivity (Wildman–Crippen MR) is 92.7 cm³/mol. The highest BCUT2D eigenvalue weighted by atomic mass is 16.6. The molecule has 3 N–H and O–H groups in total. The molecule has 1 atom stereocenters. The predicted octanol–water partition coefficient (Wildman–Crippen LogP) is 1.74. The zero-order chi connectivity index (χ0) is 18.2. The maximum Gasteiger partial charge on any atom is 0.269 e. The Labute approximate surface area is 145 Å². The van der Waals surface area contributed by atoms with Crippen LogP contribution in [0, 0.1) is 10.1 Å². The number of aryl methyl sites for hydroxylation is 1. The normalized spacial score (nSPS) is 11.5. The highest BCUT2D eigenvalue weighted by Gasteiger charge is 2.19. The van der Waals surface area contributed by atoms with Crippen molar-refractivity contribution in [2.75, 3.05) is 0 Å². The molecule has 0 heterocycles. The average molecular weight is 341 g/mol. The van der Waals surface area contributed by atoms with Crippen molar-refractivity contribution in [3.05, 3.63) is 75.8 Å². The van der Waals surface area contributed by atoms with E-state index in [1.807, 2.05) is 30.3 Å². The molecule has 2 aromatic carbocycles. The molecule has 0 aliphatic rings. The fourth-order valence-corrected chi connectivity index (χ4v) is 2.38. The van der Waals surface area contributed by atoms with E-state index in [2.05, 4.69) is 5.32 Å². The molecule has 2 rings (SSSR count). The number of nitro benzene ring substituents is 1. The number of nitrogens with one attached hydrogen (secondary N) is 1. The van der Waals surface area contributed by atoms with E-state index in [4.69, 9.17) is 5.73 Å². The summed E-state index contributed by atoms with van der Waals surface area (Å²) in [5.41, 5.74) is 7.03. The molecule has 0 saturated carbocycles. The number of rotatable bonds is 8. The van der Waals surface area contributed by atoms with Gasteiger partial charge in [-0.3, -0.25) is 19.7 Å². The van der Waals surface area contributed by atoms with Crippen molar-refractivity contribution < 1.29 is 14.5 Å². The maximum absolute atomic E-state index is 12.1. The van der Waals surface area contributed by atoms with E-state index in [0.29, 0.717) is 12.0 Å². The zero-order valence-electron chi connectivity index (χ0n) is 13.6. The van der Waals surface area contributed by atoms with E-state index in [-0.39, 0.29) is 24.4 Å². The first-order chi connectivity index (χ1) is 12.0. The number of carbonyl (C=O) groups is 2. The molecule has 7 heteroatoms. The van der Waals surface area contributed by atoms with Gasteiger partial charge in [-0.2, -0.15) is 0 Å². The van der Waals surface area contributed by atoms with Crippen LogP contribution in [0.25, 0.3) is 0 Å². The molecule has 0 spiro atoms. The number of amides is 2. The van der Waals surface area contributed by atoms with E-state index in [1.54, 1.807) is 12.1 Å². The molecule has 0 aromatic heterocycles. The second-order valence-electron chi connectivity index (χ2n) is 5.64. The van der Waals surface area contributed by atoms with Gasteiger partial charge in [0.15, 0.2) is 0 Å². The maximum atomic E-state index is 12.1. The van der Waals surface area contributed by atoms with E-state index >= 15 is 0 Å². The molecule has 0 unspecified atom stereocenters. The van der Waals surface area contributed by atoms with Crippen LogP contribution >= 0.6 is 0 Å². The lowest BCUT2D eigenvalue weighted by Crippen LogP contribution is -2.45. The second kappa shape index (κ2) is 8.58. The molecule has 2 aromatic rings. The Morgan fingerprint density at radius 2 is 1.68 bits per heavy atom. The molecule has 0 radical (unpaired) electrons. The molecule has 0 saturated heterocycles. The first kappa shape index (κ1) is 18.1. The summed E-state index contributed by atoms with van der Waals surface area (Å²) in [7, 11) is 0. The van der Waals surface area contributed by atoms with Crippen LogP contribution in [0.3, 0.4) is 0 Å². The molecule has 130 valence electrons. The largest absolute Gasteiger partial charge is 0.368 e. The fourth-order valence-electron chi connectivity index (χ4n) is 2.38. The minimum atomic E-state index is -0.857. The highest BCUT2D eigenvalue weighted by molar-refractivity contribution is 5.86. The number of hydrogen-bond donors (Lipinski definition) is 2. The summed E-state index contributed by atoms with van der Waals surface area (Å²) in [6.45, 7) is 0. The Balaban J connectivity index is 1.92. The Bertz CT molecular complexity index is 745. The molecule has 7 nitrogen and oxygen atoms in total. The minimum absolute atomic E-state index is 0.0359. The van der Waals surface area contributed by atoms with Gasteiger partial charge in [-0.25, -0.2) is 0 Å². The van der Waals surface area contributed by atoms with Crippen molar-refractivity contribution in [1.82, 2.24) is 5.32 Å². The third kappa shape index (κ3) is 5.72. The van der Waals surface area contributed by atoms with Crippen LogP contribution in [0.5, 0.6) is 0 Å². The van der Waals surface area contributed by atoms with Gasteiger partial charge in [0, 0.05) is 25.0 Å². The summed E-state index contributed by atoms with van der Waals surface area (Å²) >= 11 is 0. The number of primary amides is 1. The molecule has 0 bridgehead atoms. The van der Waals surface area contributed by atoms with E-state index in [9.17, 15) is 19.7 Å². The van der Waals surface area contributed by atoms with Crippen LogP contribution in [0.15, 0.2) is 54.6 Å². The number of nitro groups is 1. The summed E-state index contributed by atoms with van der Waals surface area (Å²) in [5, 5.41) is 13.3. The quantitative estimate of drug-likeness (QED) is 0.562. The van der Waals surface area contributed by atoms with Crippen molar-refractivity contribution >= 4 is 17.5 Å². The molecule has 0 fully saturated rings. The third-order valence-electron chi connectivity index (χ3n) is 3.75. The molecule has 25 heavy (non-hydrogen) atoms. The number of nitrogens with zero attached hydrogens (tertiary/aromatic N) is 1. The number of nitrogens with two attached hydrogens (primary N) is 1. The van der Waals surface area contributed by atoms with Crippen molar-refractivity contribution in [3.8, 4) is 0 Å².